The molecule has 0 saturated heterocycles. The molecule has 2 N–H and O–H groups in total. The van der Waals surface area contributed by atoms with E-state index in [4.69, 9.17) is 5.73 Å². The Balaban J connectivity index is 1.07. The monoisotopic (exact) mass is 878 g/mol. The van der Waals surface area contributed by atoms with Crippen LogP contribution >= 0.6 is 22.6 Å². The van der Waals surface area contributed by atoms with Crippen molar-refractivity contribution < 1.29 is 0 Å². The zero-order valence-electron chi connectivity index (χ0n) is 32.8. The molecule has 0 radical (unpaired) electrons. The molecule has 60 heavy (non-hydrogen) atoms. The molecule has 10 aromatic rings. The number of nitrogens with two attached hydrogens (primary N) is 1. The van der Waals surface area contributed by atoms with E-state index in [9.17, 15) is 0 Å². The van der Waals surface area contributed by atoms with Crippen LogP contribution in [-0.2, 0) is 0 Å². The molecule has 0 saturated carbocycles. The quantitative estimate of drug-likeness (QED) is 0.0936. The maximum atomic E-state index is 6.43. The molecule has 0 bridgehead atoms. The topological polar surface area (TPSA) is 29.3 Å². The molecular formula is C57H39IN2. The van der Waals surface area contributed by atoms with E-state index >= 15 is 0 Å². The van der Waals surface area contributed by atoms with Crippen LogP contribution in [0.5, 0.6) is 0 Å². The predicted molar refractivity (Wildman–Crippen MR) is 263 cm³/mol. The van der Waals surface area contributed by atoms with E-state index in [-0.39, 0.29) is 4.05 Å². The Hall–Kier alpha value is -6.79. The fourth-order valence-electron chi connectivity index (χ4n) is 9.49. The Morgan fingerprint density at radius 2 is 0.800 bits per heavy atom. The first-order valence-corrected chi connectivity index (χ1v) is 21.7. The maximum Gasteiger partial charge on any atom is 0.0830 e. The van der Waals surface area contributed by atoms with Crippen LogP contribution in [-0.4, -0.2) is 0 Å². The van der Waals surface area contributed by atoms with E-state index in [2.05, 4.69) is 246 Å². The normalized spacial score (nSPS) is 12.1. The third-order valence-corrected chi connectivity index (χ3v) is 12.7. The number of hydrogen-bond donors (Lipinski definition) is 1. The van der Waals surface area contributed by atoms with Gasteiger partial charge >= 0.3 is 0 Å². The summed E-state index contributed by atoms with van der Waals surface area (Å²) in [6, 6.07) is 79.3. The zero-order chi connectivity index (χ0) is 40.2. The van der Waals surface area contributed by atoms with Crippen LogP contribution < -0.4 is 10.6 Å². The van der Waals surface area contributed by atoms with Gasteiger partial charge in [-0.1, -0.05) is 205 Å². The maximum absolute atomic E-state index is 6.43. The Morgan fingerprint density at radius 1 is 0.333 bits per heavy atom. The molecule has 1 aliphatic carbocycles. The van der Waals surface area contributed by atoms with Crippen molar-refractivity contribution >= 4 is 61.2 Å². The lowest BCUT2D eigenvalue weighted by molar-refractivity contribution is 1.08. The standard InChI is InChI=1S/C57H39IN2/c58-57(59)49-27-13-10-24-44(49)40-20-14-23-43(36-40)60(41-21-8-3-9-22-41)42-32-30-37(31-33-42)45-34-35-51-54-46(45)28-15-29-50(54)55-52(38-16-4-1-5-17-38)47-25-11-12-26-48(47)53(56(51)55)39-18-6-2-7-19-39/h1-36,57H,59H2. The average Bonchev–Trinajstić information content (AvgIpc) is 3.64. The number of alkyl halides is 1. The number of anilines is 3. The van der Waals surface area contributed by atoms with Gasteiger partial charge in [-0.05, 0) is 130 Å². The number of halogens is 1. The summed E-state index contributed by atoms with van der Waals surface area (Å²) in [5.41, 5.74) is 25.8. The lowest BCUT2D eigenvalue weighted by atomic mass is 9.82. The first-order valence-electron chi connectivity index (χ1n) is 20.4. The Bertz CT molecular complexity index is 3120. The minimum Gasteiger partial charge on any atom is -0.316 e. The van der Waals surface area contributed by atoms with Crippen LogP contribution in [0.1, 0.15) is 9.61 Å². The van der Waals surface area contributed by atoms with Crippen molar-refractivity contribution in [2.24, 2.45) is 5.73 Å². The number of benzene rings is 10. The van der Waals surface area contributed by atoms with E-state index in [0.29, 0.717) is 0 Å². The molecule has 0 spiro atoms. The van der Waals surface area contributed by atoms with E-state index in [0.717, 1.165) is 33.8 Å². The van der Waals surface area contributed by atoms with Crippen molar-refractivity contribution in [3.8, 4) is 66.8 Å². The molecule has 2 nitrogen and oxygen atoms in total. The van der Waals surface area contributed by atoms with Crippen LogP contribution in [0.15, 0.2) is 218 Å². The highest BCUT2D eigenvalue weighted by Crippen LogP contribution is 2.58. The number of rotatable bonds is 8. The molecule has 0 aromatic heterocycles. The van der Waals surface area contributed by atoms with Gasteiger partial charge in [-0.25, -0.2) is 0 Å². The van der Waals surface area contributed by atoms with Gasteiger partial charge in [0.2, 0.25) is 0 Å². The third-order valence-electron chi connectivity index (χ3n) is 12.0. The molecule has 10 aromatic carbocycles. The van der Waals surface area contributed by atoms with Gasteiger partial charge in [0.05, 0.1) is 4.05 Å². The second-order valence-corrected chi connectivity index (χ2v) is 16.8. The molecule has 1 unspecified atom stereocenters. The zero-order valence-corrected chi connectivity index (χ0v) is 34.9. The van der Waals surface area contributed by atoms with E-state index in [1.807, 2.05) is 0 Å². The van der Waals surface area contributed by atoms with Crippen molar-refractivity contribution in [1.82, 2.24) is 0 Å². The third kappa shape index (κ3) is 6.04. The largest absolute Gasteiger partial charge is 0.316 e. The summed E-state index contributed by atoms with van der Waals surface area (Å²) in [4.78, 5) is 2.34. The SMILES string of the molecule is NC(I)c1ccccc1-c1cccc(N(c2ccccc2)c2ccc(-c3ccc4c5c(cccc35)-c3c-4c(-c4ccccc4)c4ccccc4c3-c3ccccc3)cc2)c1. The van der Waals surface area contributed by atoms with Crippen molar-refractivity contribution in [1.29, 1.82) is 0 Å². The smallest absolute Gasteiger partial charge is 0.0830 e. The van der Waals surface area contributed by atoms with Crippen molar-refractivity contribution in [3.05, 3.63) is 224 Å². The fourth-order valence-corrected chi connectivity index (χ4v) is 10.0. The number of fused-ring (bicyclic) bond motifs is 4. The molecule has 0 amide bonds. The van der Waals surface area contributed by atoms with E-state index < -0.39 is 0 Å². The molecule has 284 valence electrons. The fraction of sp³-hybridized carbons (Fsp3) is 0.0175. The summed E-state index contributed by atoms with van der Waals surface area (Å²) in [5, 5.41) is 5.12. The molecule has 11 rings (SSSR count). The molecule has 0 heterocycles. The van der Waals surface area contributed by atoms with Gasteiger partial charge < -0.3 is 10.6 Å². The molecule has 1 aliphatic rings. The molecule has 0 aliphatic heterocycles. The van der Waals surface area contributed by atoms with Crippen LogP contribution in [0.25, 0.3) is 88.3 Å². The van der Waals surface area contributed by atoms with Crippen molar-refractivity contribution in [3.63, 3.8) is 0 Å². The Kier molecular flexibility index (Phi) is 9.14. The first-order chi connectivity index (χ1) is 29.6. The summed E-state index contributed by atoms with van der Waals surface area (Å²) >= 11 is 2.30. The molecule has 1 atom stereocenters. The van der Waals surface area contributed by atoms with Gasteiger partial charge in [0, 0.05) is 17.1 Å². The van der Waals surface area contributed by atoms with Gasteiger partial charge in [-0.2, -0.15) is 0 Å². The summed E-state index contributed by atoms with van der Waals surface area (Å²) in [7, 11) is 0. The van der Waals surface area contributed by atoms with Gasteiger partial charge in [0.1, 0.15) is 0 Å². The predicted octanol–water partition coefficient (Wildman–Crippen LogP) is 16.2. The summed E-state index contributed by atoms with van der Waals surface area (Å²) < 4.78 is -0.100. The summed E-state index contributed by atoms with van der Waals surface area (Å²) in [5.74, 6) is 0. The lowest BCUT2D eigenvalue weighted by Crippen LogP contribution is -2.10. The first kappa shape index (κ1) is 36.3. The second kappa shape index (κ2) is 15.1. The van der Waals surface area contributed by atoms with Crippen LogP contribution in [0, 0.1) is 0 Å². The molecule has 3 heteroatoms. The number of para-hydroxylation sites is 1. The minimum absolute atomic E-state index is 0.100. The highest BCUT2D eigenvalue weighted by molar-refractivity contribution is 14.1. The highest BCUT2D eigenvalue weighted by atomic mass is 127. The summed E-state index contributed by atoms with van der Waals surface area (Å²) in [6.45, 7) is 0. The number of nitrogens with zero attached hydrogens (tertiary/aromatic N) is 1. The second-order valence-electron chi connectivity index (χ2n) is 15.4. The van der Waals surface area contributed by atoms with E-state index in [1.165, 1.54) is 77.2 Å². The Labute approximate surface area is 364 Å². The summed E-state index contributed by atoms with van der Waals surface area (Å²) in [6.07, 6.45) is 0. The Morgan fingerprint density at radius 3 is 1.45 bits per heavy atom. The minimum atomic E-state index is -0.100. The molecule has 0 fully saturated rings. The van der Waals surface area contributed by atoms with Gasteiger partial charge in [-0.3, -0.25) is 0 Å². The van der Waals surface area contributed by atoms with Gasteiger partial charge in [0.15, 0.2) is 0 Å². The van der Waals surface area contributed by atoms with Crippen LogP contribution in [0.3, 0.4) is 0 Å². The van der Waals surface area contributed by atoms with Gasteiger partial charge in [0.25, 0.3) is 0 Å². The van der Waals surface area contributed by atoms with Crippen molar-refractivity contribution in [2.75, 3.05) is 4.90 Å². The average molecular weight is 879 g/mol. The van der Waals surface area contributed by atoms with Gasteiger partial charge in [-0.15, -0.1) is 0 Å². The molecular weight excluding hydrogens is 840 g/mol. The highest BCUT2D eigenvalue weighted by Gasteiger charge is 2.31. The van der Waals surface area contributed by atoms with Crippen LogP contribution in [0.2, 0.25) is 0 Å². The van der Waals surface area contributed by atoms with Crippen molar-refractivity contribution in [2.45, 2.75) is 4.05 Å². The number of hydrogen-bond acceptors (Lipinski definition) is 2. The van der Waals surface area contributed by atoms with Crippen LogP contribution in [0.4, 0.5) is 17.1 Å². The lowest BCUT2D eigenvalue weighted by Gasteiger charge is -2.26. The van der Waals surface area contributed by atoms with E-state index in [1.54, 1.807) is 0 Å².